The first-order valence-electron chi connectivity index (χ1n) is 3.30. The molecular weight excluding hydrogens is 132 g/mol. The Morgan fingerprint density at radius 2 is 1.10 bits per heavy atom. The van der Waals surface area contributed by atoms with Gasteiger partial charge in [0.15, 0.2) is 0 Å². The highest BCUT2D eigenvalue weighted by atomic mass is 16.3. The molecule has 0 aromatic carbocycles. The molecule has 10 heavy (non-hydrogen) atoms. The second kappa shape index (κ2) is 8.84. The van der Waals surface area contributed by atoms with E-state index in [1.54, 1.807) is 13.8 Å². The number of aliphatic hydroxyl groups is 2. The standard InChI is InChI=1S/2C3H9NO/c2*1-3(5)2-4/h2*3,5H,2,4H2,1H3/t2*3-/m10/s1. The number of hydrogen-bond donors (Lipinski definition) is 4. The Hall–Kier alpha value is -0.160. The molecule has 4 nitrogen and oxygen atoms in total. The fraction of sp³-hybridized carbons (Fsp3) is 1.00. The third kappa shape index (κ3) is 24.9. The quantitative estimate of drug-likeness (QED) is 0.391. The summed E-state index contributed by atoms with van der Waals surface area (Å²) >= 11 is 0. The van der Waals surface area contributed by atoms with E-state index in [0.717, 1.165) is 0 Å². The number of rotatable bonds is 2. The van der Waals surface area contributed by atoms with Crippen molar-refractivity contribution in [1.29, 1.82) is 0 Å². The van der Waals surface area contributed by atoms with Crippen molar-refractivity contribution in [3.63, 3.8) is 0 Å². The molecule has 0 aliphatic rings. The Morgan fingerprint density at radius 1 is 1.00 bits per heavy atom. The summed E-state index contributed by atoms with van der Waals surface area (Å²) < 4.78 is 0. The van der Waals surface area contributed by atoms with Crippen LogP contribution in [0.5, 0.6) is 0 Å². The van der Waals surface area contributed by atoms with Crippen molar-refractivity contribution in [3.8, 4) is 0 Å². The van der Waals surface area contributed by atoms with Crippen molar-refractivity contribution < 1.29 is 10.2 Å². The Labute approximate surface area is 61.8 Å². The molecule has 64 valence electrons. The third-order valence-corrected chi connectivity index (χ3v) is 0.682. The number of nitrogens with two attached hydrogens (primary N) is 2. The SMILES string of the molecule is C[C@@H](O)CN.C[C@H](O)CN. The van der Waals surface area contributed by atoms with E-state index in [9.17, 15) is 0 Å². The van der Waals surface area contributed by atoms with E-state index in [0.29, 0.717) is 13.1 Å². The largest absolute Gasteiger partial charge is 0.392 e. The summed E-state index contributed by atoms with van der Waals surface area (Å²) in [5, 5.41) is 16.5. The van der Waals surface area contributed by atoms with Gasteiger partial charge in [-0.2, -0.15) is 0 Å². The van der Waals surface area contributed by atoms with Crippen molar-refractivity contribution in [2.75, 3.05) is 13.1 Å². The van der Waals surface area contributed by atoms with Gasteiger partial charge in [-0.05, 0) is 13.8 Å². The summed E-state index contributed by atoms with van der Waals surface area (Å²) in [7, 11) is 0. The van der Waals surface area contributed by atoms with Crippen molar-refractivity contribution in [2.24, 2.45) is 11.5 Å². The van der Waals surface area contributed by atoms with Crippen LogP contribution in [0.1, 0.15) is 13.8 Å². The molecule has 0 spiro atoms. The highest BCUT2D eigenvalue weighted by molar-refractivity contribution is 4.40. The van der Waals surface area contributed by atoms with Crippen LogP contribution < -0.4 is 11.5 Å². The summed E-state index contributed by atoms with van der Waals surface area (Å²) in [5.41, 5.74) is 9.84. The average Bonchev–Trinajstić information content (AvgIpc) is 1.89. The van der Waals surface area contributed by atoms with Gasteiger partial charge in [-0.15, -0.1) is 0 Å². The normalized spacial score (nSPS) is 15.0. The van der Waals surface area contributed by atoms with Gasteiger partial charge in [0.1, 0.15) is 0 Å². The van der Waals surface area contributed by atoms with Crippen LogP contribution in [-0.2, 0) is 0 Å². The molecule has 0 radical (unpaired) electrons. The summed E-state index contributed by atoms with van der Waals surface area (Å²) in [6.07, 6.45) is -0.676. The maximum absolute atomic E-state index is 8.24. The van der Waals surface area contributed by atoms with Gasteiger partial charge in [-0.3, -0.25) is 0 Å². The summed E-state index contributed by atoms with van der Waals surface area (Å²) in [6.45, 7) is 4.03. The zero-order chi connectivity index (χ0) is 8.57. The first-order chi connectivity index (χ1) is 4.54. The average molecular weight is 150 g/mol. The zero-order valence-corrected chi connectivity index (χ0v) is 6.62. The molecular formula is C6H18N2O2. The van der Waals surface area contributed by atoms with E-state index >= 15 is 0 Å². The van der Waals surface area contributed by atoms with E-state index in [-0.39, 0.29) is 12.2 Å². The second-order valence-electron chi connectivity index (χ2n) is 2.17. The van der Waals surface area contributed by atoms with Crippen molar-refractivity contribution in [1.82, 2.24) is 0 Å². The molecule has 0 aliphatic heterocycles. The highest BCUT2D eigenvalue weighted by Crippen LogP contribution is 1.66. The molecule has 0 saturated heterocycles. The maximum Gasteiger partial charge on any atom is 0.0634 e. The van der Waals surface area contributed by atoms with E-state index < -0.39 is 0 Å². The first kappa shape index (κ1) is 12.5. The Kier molecular flexibility index (Phi) is 11.1. The number of aliphatic hydroxyl groups excluding tert-OH is 2. The number of hydrogen-bond acceptors (Lipinski definition) is 4. The van der Waals surface area contributed by atoms with E-state index in [4.69, 9.17) is 21.7 Å². The molecule has 0 fully saturated rings. The molecule has 6 N–H and O–H groups in total. The molecule has 0 bridgehead atoms. The lowest BCUT2D eigenvalue weighted by Crippen LogP contribution is -2.14. The van der Waals surface area contributed by atoms with Crippen LogP contribution in [0.3, 0.4) is 0 Å². The molecule has 0 aromatic rings. The van der Waals surface area contributed by atoms with Gasteiger partial charge in [0.2, 0.25) is 0 Å². The molecule has 0 saturated carbocycles. The highest BCUT2D eigenvalue weighted by Gasteiger charge is 1.82. The van der Waals surface area contributed by atoms with Crippen LogP contribution in [0, 0.1) is 0 Å². The molecule has 0 unspecified atom stereocenters. The van der Waals surface area contributed by atoms with Gasteiger partial charge >= 0.3 is 0 Å². The van der Waals surface area contributed by atoms with Gasteiger partial charge < -0.3 is 21.7 Å². The van der Waals surface area contributed by atoms with Crippen LogP contribution in [0.15, 0.2) is 0 Å². The second-order valence-corrected chi connectivity index (χ2v) is 2.17. The smallest absolute Gasteiger partial charge is 0.0634 e. The Bertz CT molecular complexity index is 49.7. The zero-order valence-electron chi connectivity index (χ0n) is 6.62. The minimum atomic E-state index is -0.338. The molecule has 0 aliphatic carbocycles. The van der Waals surface area contributed by atoms with Crippen LogP contribution in [-0.4, -0.2) is 35.5 Å². The summed E-state index contributed by atoms with van der Waals surface area (Å²) in [5.74, 6) is 0. The molecule has 0 amide bonds. The first-order valence-corrected chi connectivity index (χ1v) is 3.30. The van der Waals surface area contributed by atoms with Gasteiger partial charge in [-0.1, -0.05) is 0 Å². The molecule has 0 aromatic heterocycles. The maximum atomic E-state index is 8.24. The van der Waals surface area contributed by atoms with E-state index in [1.807, 2.05) is 0 Å². The predicted molar refractivity (Wildman–Crippen MR) is 41.5 cm³/mol. The predicted octanol–water partition coefficient (Wildman–Crippen LogP) is -1.35. The minimum absolute atomic E-state index is 0.338. The van der Waals surface area contributed by atoms with Crippen LogP contribution in [0.25, 0.3) is 0 Å². The van der Waals surface area contributed by atoms with Crippen molar-refractivity contribution in [3.05, 3.63) is 0 Å². The Morgan fingerprint density at radius 3 is 1.10 bits per heavy atom. The van der Waals surface area contributed by atoms with E-state index in [1.165, 1.54) is 0 Å². The fourth-order valence-electron chi connectivity index (χ4n) is 0. The lowest BCUT2D eigenvalue weighted by molar-refractivity contribution is 0.203. The molecule has 2 atom stereocenters. The molecule has 0 heterocycles. The van der Waals surface area contributed by atoms with Crippen molar-refractivity contribution >= 4 is 0 Å². The van der Waals surface area contributed by atoms with Gasteiger partial charge in [0, 0.05) is 13.1 Å². The van der Waals surface area contributed by atoms with E-state index in [2.05, 4.69) is 0 Å². The summed E-state index contributed by atoms with van der Waals surface area (Å²) in [6, 6.07) is 0. The Balaban J connectivity index is 0. The van der Waals surface area contributed by atoms with Gasteiger partial charge in [0.25, 0.3) is 0 Å². The molecule has 4 heteroatoms. The third-order valence-electron chi connectivity index (χ3n) is 0.682. The van der Waals surface area contributed by atoms with Gasteiger partial charge in [0.05, 0.1) is 12.2 Å². The van der Waals surface area contributed by atoms with Gasteiger partial charge in [-0.25, -0.2) is 0 Å². The topological polar surface area (TPSA) is 92.5 Å². The fourth-order valence-corrected chi connectivity index (χ4v) is 0. The van der Waals surface area contributed by atoms with Crippen LogP contribution in [0.4, 0.5) is 0 Å². The van der Waals surface area contributed by atoms with Crippen LogP contribution >= 0.6 is 0 Å². The lowest BCUT2D eigenvalue weighted by Gasteiger charge is -1.91. The van der Waals surface area contributed by atoms with Crippen LogP contribution in [0.2, 0.25) is 0 Å². The lowest BCUT2D eigenvalue weighted by atomic mass is 10.4. The minimum Gasteiger partial charge on any atom is -0.392 e. The summed E-state index contributed by atoms with van der Waals surface area (Å²) in [4.78, 5) is 0. The monoisotopic (exact) mass is 150 g/mol. The molecule has 0 rings (SSSR count). The van der Waals surface area contributed by atoms with Crippen molar-refractivity contribution in [2.45, 2.75) is 26.1 Å².